The van der Waals surface area contributed by atoms with Crippen LogP contribution in [0.4, 0.5) is 5.13 Å². The highest BCUT2D eigenvalue weighted by Gasteiger charge is 2.34. The van der Waals surface area contributed by atoms with Gasteiger partial charge in [0.1, 0.15) is 5.51 Å². The lowest BCUT2D eigenvalue weighted by Crippen LogP contribution is -2.32. The quantitative estimate of drug-likeness (QED) is 0.721. The summed E-state index contributed by atoms with van der Waals surface area (Å²) in [5.74, 6) is 0.759. The number of aromatic nitrogens is 2. The first-order valence-corrected chi connectivity index (χ1v) is 8.45. The van der Waals surface area contributed by atoms with Crippen molar-refractivity contribution in [3.8, 4) is 0 Å². The Morgan fingerprint density at radius 3 is 2.94 bits per heavy atom. The molecule has 1 aromatic heterocycles. The van der Waals surface area contributed by atoms with Gasteiger partial charge in [-0.1, -0.05) is 50.4 Å². The highest BCUT2D eigenvalue weighted by molar-refractivity contribution is 8.01. The van der Waals surface area contributed by atoms with Crippen molar-refractivity contribution < 1.29 is 4.79 Å². The van der Waals surface area contributed by atoms with Gasteiger partial charge in [-0.05, 0) is 6.42 Å². The largest absolute Gasteiger partial charge is 0.273 e. The molecule has 4 nitrogen and oxygen atoms in total. The maximum Gasteiger partial charge on any atom is 0.239 e. The predicted octanol–water partition coefficient (Wildman–Crippen LogP) is 3.30. The molecule has 1 fully saturated rings. The second-order valence-electron chi connectivity index (χ2n) is 4.45. The van der Waals surface area contributed by atoms with Gasteiger partial charge in [-0.15, -0.1) is 22.0 Å². The number of rotatable bonds is 7. The minimum atomic E-state index is 0.176. The van der Waals surface area contributed by atoms with Crippen LogP contribution >= 0.6 is 23.1 Å². The number of hydrogen-bond acceptors (Lipinski definition) is 5. The first-order valence-electron chi connectivity index (χ1n) is 6.52. The van der Waals surface area contributed by atoms with Crippen LogP contribution in [0.2, 0.25) is 0 Å². The summed E-state index contributed by atoms with van der Waals surface area (Å²) in [6, 6.07) is 0. The average Bonchev–Trinajstić information content (AvgIpc) is 2.98. The van der Waals surface area contributed by atoms with Crippen molar-refractivity contribution in [2.24, 2.45) is 0 Å². The normalized spacial score (nSPS) is 19.7. The van der Waals surface area contributed by atoms with Gasteiger partial charge < -0.3 is 0 Å². The van der Waals surface area contributed by atoms with Crippen molar-refractivity contribution in [1.82, 2.24) is 10.2 Å². The summed E-state index contributed by atoms with van der Waals surface area (Å²) in [5, 5.41) is 8.86. The van der Waals surface area contributed by atoms with Crippen LogP contribution in [0.1, 0.15) is 45.4 Å². The molecule has 0 saturated carbocycles. The SMILES string of the molecule is CCCCCCC[C@@H]1SCC(=O)N1c1nncs1. The fourth-order valence-corrected chi connectivity index (χ4v) is 3.98. The molecule has 1 saturated heterocycles. The second-order valence-corrected chi connectivity index (χ2v) is 6.43. The molecule has 2 heterocycles. The fourth-order valence-electron chi connectivity index (χ4n) is 2.11. The summed E-state index contributed by atoms with van der Waals surface area (Å²) in [4.78, 5) is 13.7. The predicted molar refractivity (Wildman–Crippen MR) is 77.0 cm³/mol. The minimum absolute atomic E-state index is 0.176. The van der Waals surface area contributed by atoms with Gasteiger partial charge in [0.05, 0.1) is 11.1 Å². The molecule has 0 unspecified atom stereocenters. The zero-order chi connectivity index (χ0) is 12.8. The third-order valence-electron chi connectivity index (χ3n) is 3.07. The molecule has 1 aromatic rings. The van der Waals surface area contributed by atoms with Crippen molar-refractivity contribution in [2.75, 3.05) is 10.7 Å². The molecule has 1 amide bonds. The lowest BCUT2D eigenvalue weighted by Gasteiger charge is -2.20. The zero-order valence-corrected chi connectivity index (χ0v) is 12.3. The molecule has 0 aliphatic carbocycles. The Morgan fingerprint density at radius 1 is 1.39 bits per heavy atom. The highest BCUT2D eigenvalue weighted by Crippen LogP contribution is 2.34. The van der Waals surface area contributed by atoms with Gasteiger partial charge in [-0.25, -0.2) is 0 Å². The van der Waals surface area contributed by atoms with E-state index >= 15 is 0 Å². The third kappa shape index (κ3) is 3.45. The van der Waals surface area contributed by atoms with Crippen LogP contribution in [0.25, 0.3) is 0 Å². The number of carbonyl (C=O) groups is 1. The number of carbonyl (C=O) groups excluding carboxylic acids is 1. The van der Waals surface area contributed by atoms with Gasteiger partial charge in [0, 0.05) is 0 Å². The topological polar surface area (TPSA) is 46.1 Å². The second kappa shape index (κ2) is 7.09. The smallest absolute Gasteiger partial charge is 0.239 e. The Kier molecular flexibility index (Phi) is 5.44. The van der Waals surface area contributed by atoms with Crippen LogP contribution in [0.3, 0.4) is 0 Å². The van der Waals surface area contributed by atoms with Gasteiger partial charge in [0.2, 0.25) is 11.0 Å². The average molecular weight is 285 g/mol. The molecule has 18 heavy (non-hydrogen) atoms. The Balaban J connectivity index is 1.82. The maximum absolute atomic E-state index is 11.9. The van der Waals surface area contributed by atoms with Gasteiger partial charge in [0.25, 0.3) is 0 Å². The summed E-state index contributed by atoms with van der Waals surface area (Å²) in [7, 11) is 0. The van der Waals surface area contributed by atoms with E-state index in [-0.39, 0.29) is 11.3 Å². The standard InChI is InChI=1S/C12H19N3OS2/c1-2-3-4-5-6-7-11-15(10(16)8-17-11)12-14-13-9-18-12/h9,11H,2-8H2,1H3/t11-/m0/s1. The molecule has 0 N–H and O–H groups in total. The maximum atomic E-state index is 11.9. The van der Waals surface area contributed by atoms with Crippen molar-refractivity contribution >= 4 is 34.1 Å². The fraction of sp³-hybridized carbons (Fsp3) is 0.750. The molecule has 100 valence electrons. The Morgan fingerprint density at radius 2 is 2.22 bits per heavy atom. The molecule has 1 aliphatic heterocycles. The van der Waals surface area contributed by atoms with Crippen molar-refractivity contribution in [1.29, 1.82) is 0 Å². The van der Waals surface area contributed by atoms with E-state index in [9.17, 15) is 4.79 Å². The number of amides is 1. The summed E-state index contributed by atoms with van der Waals surface area (Å²) in [6.45, 7) is 2.22. The molecular formula is C12H19N3OS2. The number of thioether (sulfide) groups is 1. The van der Waals surface area contributed by atoms with Gasteiger partial charge in [0.15, 0.2) is 0 Å². The molecule has 0 aromatic carbocycles. The first-order chi connectivity index (χ1) is 8.83. The Hall–Kier alpha value is -0.620. The zero-order valence-electron chi connectivity index (χ0n) is 10.7. The molecule has 1 atom stereocenters. The van der Waals surface area contributed by atoms with Crippen LogP contribution in [0.15, 0.2) is 5.51 Å². The van der Waals surface area contributed by atoms with E-state index in [1.165, 1.54) is 43.4 Å². The Bertz CT molecular complexity index is 369. The summed E-state index contributed by atoms with van der Waals surface area (Å²) < 4.78 is 0. The molecule has 6 heteroatoms. The van der Waals surface area contributed by atoms with Crippen LogP contribution in [0.5, 0.6) is 0 Å². The lowest BCUT2D eigenvalue weighted by molar-refractivity contribution is -0.115. The molecular weight excluding hydrogens is 266 g/mol. The molecule has 2 rings (SSSR count). The van der Waals surface area contributed by atoms with Crippen molar-refractivity contribution in [3.05, 3.63) is 5.51 Å². The Labute approximate surface area is 116 Å². The first kappa shape index (κ1) is 13.8. The molecule has 0 bridgehead atoms. The summed E-state index contributed by atoms with van der Waals surface area (Å²) >= 11 is 3.18. The summed E-state index contributed by atoms with van der Waals surface area (Å²) in [6.07, 6.45) is 7.42. The molecule has 0 spiro atoms. The van der Waals surface area contributed by atoms with Crippen LogP contribution in [-0.4, -0.2) is 27.2 Å². The van der Waals surface area contributed by atoms with Crippen LogP contribution in [-0.2, 0) is 4.79 Å². The lowest BCUT2D eigenvalue weighted by atomic mass is 10.1. The number of unbranched alkanes of at least 4 members (excludes halogenated alkanes) is 4. The van der Waals surface area contributed by atoms with E-state index in [1.54, 1.807) is 17.3 Å². The monoisotopic (exact) mass is 285 g/mol. The molecule has 1 aliphatic rings. The van der Waals surface area contributed by atoms with Gasteiger partial charge in [-0.2, -0.15) is 0 Å². The van der Waals surface area contributed by atoms with E-state index in [4.69, 9.17) is 0 Å². The van der Waals surface area contributed by atoms with E-state index in [2.05, 4.69) is 17.1 Å². The number of nitrogens with zero attached hydrogens (tertiary/aromatic N) is 3. The highest BCUT2D eigenvalue weighted by atomic mass is 32.2. The van der Waals surface area contributed by atoms with E-state index in [0.717, 1.165) is 11.6 Å². The van der Waals surface area contributed by atoms with E-state index in [0.29, 0.717) is 5.75 Å². The van der Waals surface area contributed by atoms with Crippen molar-refractivity contribution in [2.45, 2.75) is 50.8 Å². The van der Waals surface area contributed by atoms with Gasteiger partial charge >= 0.3 is 0 Å². The van der Waals surface area contributed by atoms with Crippen molar-refractivity contribution in [3.63, 3.8) is 0 Å². The number of hydrogen-bond donors (Lipinski definition) is 0. The minimum Gasteiger partial charge on any atom is -0.273 e. The van der Waals surface area contributed by atoms with Crippen LogP contribution in [0, 0.1) is 0 Å². The third-order valence-corrected chi connectivity index (χ3v) is 5.00. The molecule has 0 radical (unpaired) electrons. The number of anilines is 1. The summed E-state index contributed by atoms with van der Waals surface area (Å²) in [5.41, 5.74) is 1.68. The van der Waals surface area contributed by atoms with E-state index < -0.39 is 0 Å². The van der Waals surface area contributed by atoms with Crippen LogP contribution < -0.4 is 4.90 Å². The van der Waals surface area contributed by atoms with E-state index in [1.807, 2.05) is 4.90 Å². The van der Waals surface area contributed by atoms with Gasteiger partial charge in [-0.3, -0.25) is 9.69 Å².